The van der Waals surface area contributed by atoms with Gasteiger partial charge in [-0.1, -0.05) is 0 Å². The Morgan fingerprint density at radius 1 is 1.31 bits per heavy atom. The number of piperazine rings is 1. The van der Waals surface area contributed by atoms with E-state index in [0.29, 0.717) is 6.29 Å². The molecule has 1 aliphatic heterocycles. The van der Waals surface area contributed by atoms with Gasteiger partial charge in [-0.3, -0.25) is 4.79 Å². The molecule has 0 aliphatic carbocycles. The van der Waals surface area contributed by atoms with E-state index in [-0.39, 0.29) is 37.1 Å². The van der Waals surface area contributed by atoms with Crippen LogP contribution in [0, 0.1) is 0 Å². The van der Waals surface area contributed by atoms with E-state index < -0.39 is 23.4 Å². The molecule has 2 rings (SSSR count). The van der Waals surface area contributed by atoms with E-state index in [1.165, 1.54) is 9.80 Å². The van der Waals surface area contributed by atoms with Gasteiger partial charge in [0, 0.05) is 37.4 Å². The summed E-state index contributed by atoms with van der Waals surface area (Å²) < 4.78 is 45.4. The summed E-state index contributed by atoms with van der Waals surface area (Å²) in [6, 6.07) is 0.437. The Hall–Kier alpha value is -2.32. The molecule has 26 heavy (non-hydrogen) atoms. The lowest BCUT2D eigenvalue weighted by atomic mass is 10.1. The van der Waals surface area contributed by atoms with Crippen LogP contribution in [0.15, 0.2) is 12.3 Å². The normalized spacial score (nSPS) is 18.7. The zero-order valence-electron chi connectivity index (χ0n) is 15.1. The number of aromatic nitrogens is 1. The van der Waals surface area contributed by atoms with E-state index in [9.17, 15) is 22.8 Å². The predicted molar refractivity (Wildman–Crippen MR) is 89.2 cm³/mol. The Morgan fingerprint density at radius 3 is 2.46 bits per heavy atom. The molecule has 1 aromatic rings. The maximum Gasteiger partial charge on any atom is 0.419 e. The molecular formula is C17H22F3N3O3. The minimum absolute atomic E-state index is 0.137. The van der Waals surface area contributed by atoms with Crippen molar-refractivity contribution in [2.75, 3.05) is 24.5 Å². The van der Waals surface area contributed by atoms with Crippen LogP contribution in [0.25, 0.3) is 0 Å². The van der Waals surface area contributed by atoms with Crippen LogP contribution in [0.3, 0.4) is 0 Å². The number of carbonyl (C=O) groups excluding carboxylic acids is 2. The highest BCUT2D eigenvalue weighted by Crippen LogP contribution is 2.36. The van der Waals surface area contributed by atoms with Gasteiger partial charge in [-0.05, 0) is 33.8 Å². The minimum Gasteiger partial charge on any atom is -0.444 e. The van der Waals surface area contributed by atoms with Gasteiger partial charge in [0.05, 0.1) is 5.56 Å². The second-order valence-electron chi connectivity index (χ2n) is 7.22. The third kappa shape index (κ3) is 4.64. The zero-order valence-corrected chi connectivity index (χ0v) is 15.1. The Labute approximate surface area is 149 Å². The summed E-state index contributed by atoms with van der Waals surface area (Å²) in [5.41, 5.74) is -1.75. The number of ether oxygens (including phenoxy) is 1. The van der Waals surface area contributed by atoms with Crippen LogP contribution in [0.2, 0.25) is 0 Å². The predicted octanol–water partition coefficient (Wildman–Crippen LogP) is 3.36. The maximum atomic E-state index is 13.3. The average molecular weight is 373 g/mol. The molecule has 0 bridgehead atoms. The summed E-state index contributed by atoms with van der Waals surface area (Å²) in [5, 5.41) is 0. The van der Waals surface area contributed by atoms with Crippen LogP contribution in [0.5, 0.6) is 0 Å². The molecule has 1 fully saturated rings. The highest BCUT2D eigenvalue weighted by molar-refractivity contribution is 5.76. The van der Waals surface area contributed by atoms with E-state index in [1.807, 2.05) is 0 Å². The molecule has 0 aromatic carbocycles. The van der Waals surface area contributed by atoms with Crippen molar-refractivity contribution >= 4 is 18.2 Å². The molecule has 0 N–H and O–H groups in total. The number of anilines is 1. The van der Waals surface area contributed by atoms with Crippen molar-refractivity contribution in [3.63, 3.8) is 0 Å². The smallest absolute Gasteiger partial charge is 0.419 e. The molecule has 1 atom stereocenters. The van der Waals surface area contributed by atoms with Crippen LogP contribution < -0.4 is 4.90 Å². The minimum atomic E-state index is -4.63. The van der Waals surface area contributed by atoms with Crippen LogP contribution in [0.4, 0.5) is 23.8 Å². The first-order chi connectivity index (χ1) is 11.9. The number of aldehydes is 1. The standard InChI is InChI=1S/C17H22F3N3O3/c1-11-9-22(5-6-23(11)15(25)26-16(2,3)4)14-13(17(18,19)20)7-12(10-24)8-21-14/h7-8,10-11H,5-6,9H2,1-4H3. The van der Waals surface area contributed by atoms with Crippen molar-refractivity contribution in [1.82, 2.24) is 9.88 Å². The van der Waals surface area contributed by atoms with Crippen molar-refractivity contribution in [1.29, 1.82) is 0 Å². The summed E-state index contributed by atoms with van der Waals surface area (Å²) in [6.07, 6.45) is -3.69. The van der Waals surface area contributed by atoms with Gasteiger partial charge in [0.2, 0.25) is 0 Å². The first-order valence-electron chi connectivity index (χ1n) is 8.19. The number of rotatable bonds is 2. The molecule has 2 heterocycles. The molecule has 0 spiro atoms. The Morgan fingerprint density at radius 2 is 1.96 bits per heavy atom. The summed E-state index contributed by atoms with van der Waals surface area (Å²) in [6.45, 7) is 7.56. The number of carbonyl (C=O) groups is 2. The van der Waals surface area contributed by atoms with E-state index in [1.54, 1.807) is 27.7 Å². The first-order valence-corrected chi connectivity index (χ1v) is 8.19. The molecule has 9 heteroatoms. The number of halogens is 3. The lowest BCUT2D eigenvalue weighted by Crippen LogP contribution is -2.55. The van der Waals surface area contributed by atoms with Gasteiger partial charge in [-0.25, -0.2) is 9.78 Å². The number of amides is 1. The van der Waals surface area contributed by atoms with Gasteiger partial charge in [0.25, 0.3) is 0 Å². The highest BCUT2D eigenvalue weighted by Gasteiger charge is 2.38. The summed E-state index contributed by atoms with van der Waals surface area (Å²) in [4.78, 5) is 29.8. The Kier molecular flexibility index (Phi) is 5.48. The van der Waals surface area contributed by atoms with E-state index >= 15 is 0 Å². The van der Waals surface area contributed by atoms with Crippen molar-refractivity contribution in [3.05, 3.63) is 23.4 Å². The maximum absolute atomic E-state index is 13.3. The number of hydrogen-bond donors (Lipinski definition) is 0. The van der Waals surface area contributed by atoms with Gasteiger partial charge in [0.1, 0.15) is 11.4 Å². The molecule has 1 aromatic heterocycles. The molecule has 1 aliphatic rings. The van der Waals surface area contributed by atoms with E-state index in [0.717, 1.165) is 12.3 Å². The monoisotopic (exact) mass is 373 g/mol. The molecule has 144 valence electrons. The van der Waals surface area contributed by atoms with Crippen LogP contribution >= 0.6 is 0 Å². The van der Waals surface area contributed by atoms with Gasteiger partial charge in [-0.2, -0.15) is 13.2 Å². The third-order valence-electron chi connectivity index (χ3n) is 3.88. The molecule has 6 nitrogen and oxygen atoms in total. The van der Waals surface area contributed by atoms with E-state index in [2.05, 4.69) is 4.98 Å². The van der Waals surface area contributed by atoms with Crippen LogP contribution in [-0.2, 0) is 10.9 Å². The van der Waals surface area contributed by atoms with Crippen molar-refractivity contribution < 1.29 is 27.5 Å². The molecule has 0 radical (unpaired) electrons. The quantitative estimate of drug-likeness (QED) is 0.744. The average Bonchev–Trinajstić information content (AvgIpc) is 2.51. The fourth-order valence-electron chi connectivity index (χ4n) is 2.74. The van der Waals surface area contributed by atoms with Gasteiger partial charge < -0.3 is 14.5 Å². The van der Waals surface area contributed by atoms with Crippen LogP contribution in [-0.4, -0.2) is 53.5 Å². The highest BCUT2D eigenvalue weighted by atomic mass is 19.4. The Bertz CT molecular complexity index is 686. The SMILES string of the molecule is CC1CN(c2ncc(C=O)cc2C(F)(F)F)CCN1C(=O)OC(C)(C)C. The topological polar surface area (TPSA) is 62.7 Å². The number of nitrogens with zero attached hydrogens (tertiary/aromatic N) is 3. The number of hydrogen-bond acceptors (Lipinski definition) is 5. The van der Waals surface area contributed by atoms with Gasteiger partial charge >= 0.3 is 12.3 Å². The fraction of sp³-hybridized carbons (Fsp3) is 0.588. The molecular weight excluding hydrogens is 351 g/mol. The van der Waals surface area contributed by atoms with Gasteiger partial charge in [-0.15, -0.1) is 0 Å². The third-order valence-corrected chi connectivity index (χ3v) is 3.88. The number of pyridine rings is 1. The second kappa shape index (κ2) is 7.13. The fourth-order valence-corrected chi connectivity index (χ4v) is 2.74. The summed E-state index contributed by atoms with van der Waals surface area (Å²) in [5.74, 6) is -0.237. The molecule has 1 saturated heterocycles. The largest absolute Gasteiger partial charge is 0.444 e. The lowest BCUT2D eigenvalue weighted by molar-refractivity contribution is -0.137. The van der Waals surface area contributed by atoms with Crippen molar-refractivity contribution in [2.45, 2.75) is 45.5 Å². The Balaban J connectivity index is 2.21. The molecule has 1 unspecified atom stereocenters. The second-order valence-corrected chi connectivity index (χ2v) is 7.22. The lowest BCUT2D eigenvalue weighted by Gasteiger charge is -2.41. The molecule has 0 saturated carbocycles. The number of alkyl halides is 3. The zero-order chi connectivity index (χ0) is 19.7. The molecule has 1 amide bonds. The first kappa shape index (κ1) is 20.0. The van der Waals surface area contributed by atoms with E-state index in [4.69, 9.17) is 4.74 Å². The summed E-state index contributed by atoms with van der Waals surface area (Å²) >= 11 is 0. The van der Waals surface area contributed by atoms with Crippen molar-refractivity contribution in [3.8, 4) is 0 Å². The van der Waals surface area contributed by atoms with Gasteiger partial charge in [0.15, 0.2) is 6.29 Å². The summed E-state index contributed by atoms with van der Waals surface area (Å²) in [7, 11) is 0. The van der Waals surface area contributed by atoms with Crippen LogP contribution in [0.1, 0.15) is 43.6 Å². The van der Waals surface area contributed by atoms with Crippen molar-refractivity contribution in [2.24, 2.45) is 0 Å².